The molecule has 0 aliphatic rings. The second kappa shape index (κ2) is 55.0. The van der Waals surface area contributed by atoms with Gasteiger partial charge in [-0.1, -0.05) is 242 Å². The molecule has 0 radical (unpaired) electrons. The molecule has 0 saturated heterocycles. The minimum atomic E-state index is -4.45. The van der Waals surface area contributed by atoms with Crippen LogP contribution in [0.5, 0.6) is 0 Å². The summed E-state index contributed by atoms with van der Waals surface area (Å²) in [5.41, 5.74) is 0. The maximum Gasteiger partial charge on any atom is 0.472 e. The van der Waals surface area contributed by atoms with E-state index in [1.165, 1.54) is 173 Å². The molecule has 1 amide bonds. The van der Waals surface area contributed by atoms with E-state index in [1.54, 1.807) is 0 Å². The Balaban J connectivity index is 5.18. The largest absolute Gasteiger partial charge is 0.472 e. The van der Waals surface area contributed by atoms with E-state index in [1.807, 2.05) is 33.3 Å². The molecule has 0 aromatic heterocycles. The van der Waals surface area contributed by atoms with Crippen molar-refractivity contribution in [2.75, 3.05) is 40.9 Å². The summed E-state index contributed by atoms with van der Waals surface area (Å²) in [5, 5.41) is 3.06. The first kappa shape index (κ1) is 72.7. The molecule has 0 bridgehead atoms. The molecule has 0 heterocycles. The van der Waals surface area contributed by atoms with Crippen LogP contribution < -0.4 is 5.32 Å². The summed E-state index contributed by atoms with van der Waals surface area (Å²) in [5.74, 6) is -0.511. The number of carbonyl (C=O) groups is 2. The lowest BCUT2D eigenvalue weighted by Gasteiger charge is -2.27. The van der Waals surface area contributed by atoms with Gasteiger partial charge in [0.05, 0.1) is 33.8 Å². The van der Waals surface area contributed by atoms with Gasteiger partial charge in [-0.25, -0.2) is 4.57 Å². The Morgan fingerprint density at radius 3 is 1.23 bits per heavy atom. The minimum Gasteiger partial charge on any atom is -0.456 e. The van der Waals surface area contributed by atoms with Gasteiger partial charge < -0.3 is 19.4 Å². The number of phosphoric acid groups is 1. The molecule has 0 aliphatic carbocycles. The predicted molar refractivity (Wildman–Crippen MR) is 323 cm³/mol. The molecule has 0 spiro atoms. The number of quaternary nitrogens is 1. The van der Waals surface area contributed by atoms with Gasteiger partial charge in [0.1, 0.15) is 19.3 Å². The summed E-state index contributed by atoms with van der Waals surface area (Å²) in [6.45, 7) is 6.97. The lowest BCUT2D eigenvalue weighted by molar-refractivity contribution is -0.870. The van der Waals surface area contributed by atoms with Gasteiger partial charge in [-0.3, -0.25) is 18.6 Å². The second-order valence-corrected chi connectivity index (χ2v) is 24.0. The van der Waals surface area contributed by atoms with Crippen LogP contribution in [0.4, 0.5) is 0 Å². The first-order chi connectivity index (χ1) is 36.4. The molecule has 0 aliphatic heterocycles. The molecule has 3 unspecified atom stereocenters. The van der Waals surface area contributed by atoms with Gasteiger partial charge in [-0.05, 0) is 96.0 Å². The molecule has 0 aromatic carbocycles. The Bertz CT molecular complexity index is 1470. The molecule has 0 saturated carbocycles. The molecular formula is C65H122N2O7P+. The summed E-state index contributed by atoms with van der Waals surface area (Å²) in [6, 6.07) is -0.853. The number of phosphoric ester groups is 1. The highest BCUT2D eigenvalue weighted by Gasteiger charge is 2.30. The van der Waals surface area contributed by atoms with Crippen molar-refractivity contribution in [1.29, 1.82) is 0 Å². The molecule has 9 nitrogen and oxygen atoms in total. The molecular weight excluding hydrogens is 952 g/mol. The highest BCUT2D eigenvalue weighted by Crippen LogP contribution is 2.43. The zero-order chi connectivity index (χ0) is 55.0. The van der Waals surface area contributed by atoms with E-state index < -0.39 is 20.0 Å². The zero-order valence-corrected chi connectivity index (χ0v) is 50.9. The number of esters is 1. The van der Waals surface area contributed by atoms with Crippen molar-refractivity contribution in [2.24, 2.45) is 0 Å². The van der Waals surface area contributed by atoms with Crippen molar-refractivity contribution in [3.63, 3.8) is 0 Å². The third kappa shape index (κ3) is 56.2. The Morgan fingerprint density at radius 2 is 0.813 bits per heavy atom. The van der Waals surface area contributed by atoms with Crippen LogP contribution in [-0.2, 0) is 27.9 Å². The highest BCUT2D eigenvalue weighted by molar-refractivity contribution is 7.47. The fourth-order valence-electron chi connectivity index (χ4n) is 9.00. The van der Waals surface area contributed by atoms with Crippen LogP contribution in [0.2, 0.25) is 0 Å². The molecule has 0 aromatic rings. The number of nitrogens with one attached hydrogen (secondary N) is 1. The topological polar surface area (TPSA) is 111 Å². The van der Waals surface area contributed by atoms with Crippen LogP contribution in [0.1, 0.15) is 290 Å². The number of ether oxygens (including phenoxy) is 1. The first-order valence-electron chi connectivity index (χ1n) is 31.6. The fraction of sp³-hybridized carbons (Fsp3) is 0.815. The van der Waals surface area contributed by atoms with E-state index in [0.29, 0.717) is 17.4 Å². The smallest absolute Gasteiger partial charge is 0.456 e. The van der Waals surface area contributed by atoms with Crippen molar-refractivity contribution in [2.45, 2.75) is 303 Å². The van der Waals surface area contributed by atoms with Gasteiger partial charge in [0.2, 0.25) is 5.91 Å². The maximum atomic E-state index is 13.5. The molecule has 0 fully saturated rings. The van der Waals surface area contributed by atoms with Crippen molar-refractivity contribution in [3.8, 4) is 0 Å². The van der Waals surface area contributed by atoms with Crippen LogP contribution >= 0.6 is 7.82 Å². The summed E-state index contributed by atoms with van der Waals surface area (Å²) in [4.78, 5) is 37.7. The average Bonchev–Trinajstić information content (AvgIpc) is 3.37. The van der Waals surface area contributed by atoms with Crippen LogP contribution in [0.25, 0.3) is 0 Å². The Hall–Kier alpha value is -2.29. The predicted octanol–water partition coefficient (Wildman–Crippen LogP) is 19.4. The van der Waals surface area contributed by atoms with E-state index in [4.69, 9.17) is 13.8 Å². The number of nitrogens with zero attached hydrogens (tertiary/aromatic N) is 1. The van der Waals surface area contributed by atoms with E-state index >= 15 is 0 Å². The molecule has 10 heteroatoms. The highest BCUT2D eigenvalue weighted by atomic mass is 31.2. The van der Waals surface area contributed by atoms with Gasteiger partial charge in [0, 0.05) is 12.8 Å². The lowest BCUT2D eigenvalue weighted by Crippen LogP contribution is -2.47. The summed E-state index contributed by atoms with van der Waals surface area (Å²) in [7, 11) is 1.49. The van der Waals surface area contributed by atoms with Crippen molar-refractivity contribution < 1.29 is 37.3 Å². The van der Waals surface area contributed by atoms with Crippen LogP contribution in [0, 0.1) is 0 Å². The molecule has 75 heavy (non-hydrogen) atoms. The summed E-state index contributed by atoms with van der Waals surface area (Å²) < 4.78 is 30.7. The van der Waals surface area contributed by atoms with Gasteiger partial charge in [0.15, 0.2) is 0 Å². The molecule has 2 N–H and O–H groups in total. The first-order valence-corrected chi connectivity index (χ1v) is 33.1. The van der Waals surface area contributed by atoms with Crippen LogP contribution in [-0.4, -0.2) is 74.3 Å². The number of amides is 1. The SMILES string of the molecule is CCCCC/C=C\C/C=C\CCCCCCCCCCCCCC(=O)NC(COP(=O)(O)OCC[N+](C)(C)C)C(/C=C\CCCCCCCCCCC)OC(=O)CCCCCCCCC/C=C\C/C=C\CCCCC. The van der Waals surface area contributed by atoms with Crippen molar-refractivity contribution in [1.82, 2.24) is 5.32 Å². The monoisotopic (exact) mass is 1070 g/mol. The molecule has 0 rings (SSSR count). The quantitative estimate of drug-likeness (QED) is 0.0205. The van der Waals surface area contributed by atoms with E-state index in [0.717, 1.165) is 83.5 Å². The Labute approximate surface area is 464 Å². The van der Waals surface area contributed by atoms with E-state index in [2.05, 4.69) is 74.7 Å². The maximum absolute atomic E-state index is 13.5. The second-order valence-electron chi connectivity index (χ2n) is 22.6. The van der Waals surface area contributed by atoms with Crippen molar-refractivity contribution in [3.05, 3.63) is 60.8 Å². The number of unbranched alkanes of at least 4 members (excludes halogenated alkanes) is 33. The van der Waals surface area contributed by atoms with Gasteiger partial charge >= 0.3 is 13.8 Å². The number of likely N-dealkylation sites (N-methyl/N-ethyl adjacent to an activating group) is 1. The van der Waals surface area contributed by atoms with Gasteiger partial charge in [0.25, 0.3) is 0 Å². The fourth-order valence-corrected chi connectivity index (χ4v) is 9.74. The lowest BCUT2D eigenvalue weighted by atomic mass is 10.0. The number of hydrogen-bond donors (Lipinski definition) is 2. The zero-order valence-electron chi connectivity index (χ0n) is 50.0. The summed E-state index contributed by atoms with van der Waals surface area (Å²) in [6.07, 6.45) is 69.3. The molecule has 3 atom stereocenters. The van der Waals surface area contributed by atoms with E-state index in [-0.39, 0.29) is 31.5 Å². The third-order valence-electron chi connectivity index (χ3n) is 13.9. The normalized spacial score (nSPS) is 14.1. The number of rotatable bonds is 57. The Morgan fingerprint density at radius 1 is 0.467 bits per heavy atom. The van der Waals surface area contributed by atoms with Crippen molar-refractivity contribution >= 4 is 19.7 Å². The number of allylic oxidation sites excluding steroid dienone is 9. The number of carbonyl (C=O) groups excluding carboxylic acids is 2. The minimum absolute atomic E-state index is 0.0377. The number of hydrogen-bond acceptors (Lipinski definition) is 6. The van der Waals surface area contributed by atoms with Crippen LogP contribution in [0.3, 0.4) is 0 Å². The third-order valence-corrected chi connectivity index (χ3v) is 14.9. The van der Waals surface area contributed by atoms with Gasteiger partial charge in [-0.15, -0.1) is 0 Å². The van der Waals surface area contributed by atoms with E-state index in [9.17, 15) is 19.0 Å². The van der Waals surface area contributed by atoms with Gasteiger partial charge in [-0.2, -0.15) is 0 Å². The standard InChI is InChI=1S/C65H121N2O7P/c1-7-10-13-16-19-22-25-27-29-31-32-33-34-36-37-39-42-45-48-51-54-57-64(68)66-62(61-73-75(70,71)72-60-59-67(4,5)6)63(56-53-50-47-44-41-24-21-18-15-12-9-3)74-65(69)58-55-52-49-46-43-40-38-35-30-28-26-23-20-17-14-11-8-2/h19-20,22-23,27-30,53,56,62-63H,7-18,21,24-26,31-52,54-55,57-61H2,1-6H3,(H-,66,68,70,71)/p+1/b22-19-,23-20-,29-27-,30-28-,56-53-. The molecule has 438 valence electrons. The summed E-state index contributed by atoms with van der Waals surface area (Å²) >= 11 is 0. The van der Waals surface area contributed by atoms with Crippen LogP contribution in [0.15, 0.2) is 60.8 Å². The Kier molecular flexibility index (Phi) is 53.4. The average molecular weight is 1070 g/mol.